The highest BCUT2D eigenvalue weighted by Gasteiger charge is 2.60. The molecule has 0 aromatic rings. The predicted octanol–water partition coefficient (Wildman–Crippen LogP) is 6.89. The topological polar surface area (TPSA) is 37.3 Å². The third-order valence-electron chi connectivity index (χ3n) is 11.5. The summed E-state index contributed by atoms with van der Waals surface area (Å²) in [7, 11) is 0. The molecular formula is C28H48O2. The maximum atomic E-state index is 12.1. The molecule has 2 nitrogen and oxygen atoms in total. The van der Waals surface area contributed by atoms with Crippen LogP contribution in [0.15, 0.2) is 0 Å². The number of carbonyl (C=O) groups is 1. The lowest BCUT2D eigenvalue weighted by molar-refractivity contribution is -0.141. The van der Waals surface area contributed by atoms with Crippen LogP contribution in [0.3, 0.4) is 0 Å². The summed E-state index contributed by atoms with van der Waals surface area (Å²) < 4.78 is 0. The summed E-state index contributed by atoms with van der Waals surface area (Å²) in [5, 5.41) is 11.1. The quantitative estimate of drug-likeness (QED) is 0.529. The molecule has 0 radical (unpaired) electrons. The molecule has 0 aromatic heterocycles. The monoisotopic (exact) mass is 416 g/mol. The number of hydrogen-bond donors (Lipinski definition) is 1. The first-order chi connectivity index (χ1) is 14.1. The smallest absolute Gasteiger partial charge is 0.133 e. The average molecular weight is 417 g/mol. The molecule has 4 fully saturated rings. The van der Waals surface area contributed by atoms with Gasteiger partial charge in [0.1, 0.15) is 5.78 Å². The number of aliphatic hydroxyl groups excluding tert-OH is 1. The Bertz CT molecular complexity index is 641. The molecule has 4 aliphatic carbocycles. The van der Waals surface area contributed by atoms with Gasteiger partial charge in [-0.2, -0.15) is 0 Å². The second-order valence-electron chi connectivity index (χ2n) is 13.0. The summed E-state index contributed by atoms with van der Waals surface area (Å²) in [6, 6.07) is 0. The Hall–Kier alpha value is -0.370. The highest BCUT2D eigenvalue weighted by atomic mass is 16.3. The van der Waals surface area contributed by atoms with Crippen LogP contribution in [0.4, 0.5) is 0 Å². The fraction of sp³-hybridized carbons (Fsp3) is 0.964. The van der Waals surface area contributed by atoms with Crippen LogP contribution >= 0.6 is 0 Å². The van der Waals surface area contributed by atoms with Crippen LogP contribution in [-0.2, 0) is 4.79 Å². The largest absolute Gasteiger partial charge is 0.393 e. The van der Waals surface area contributed by atoms with E-state index in [1.54, 1.807) is 0 Å². The Morgan fingerprint density at radius 2 is 1.63 bits per heavy atom. The zero-order valence-corrected chi connectivity index (χ0v) is 20.6. The number of Topliss-reactive ketones (excluding diaryl/α,β-unsaturated/α-hetero) is 1. The molecule has 4 aliphatic rings. The maximum absolute atomic E-state index is 12.1. The molecule has 0 aromatic carbocycles. The van der Waals surface area contributed by atoms with Gasteiger partial charge in [0.2, 0.25) is 0 Å². The van der Waals surface area contributed by atoms with E-state index < -0.39 is 0 Å². The minimum absolute atomic E-state index is 0.154. The Labute approximate surface area is 186 Å². The molecule has 0 aliphatic heterocycles. The van der Waals surface area contributed by atoms with Crippen LogP contribution < -0.4 is 0 Å². The summed E-state index contributed by atoms with van der Waals surface area (Å²) in [5.41, 5.74) is 0.824. The second kappa shape index (κ2) is 8.20. The fourth-order valence-corrected chi connectivity index (χ4v) is 9.09. The third kappa shape index (κ3) is 3.61. The van der Waals surface area contributed by atoms with Crippen LogP contribution in [0, 0.1) is 58.2 Å². The molecule has 1 N–H and O–H groups in total. The van der Waals surface area contributed by atoms with Crippen molar-refractivity contribution in [1.29, 1.82) is 0 Å². The maximum Gasteiger partial charge on any atom is 0.133 e. The summed E-state index contributed by atoms with van der Waals surface area (Å²) in [6.07, 6.45) is 11.7. The van der Waals surface area contributed by atoms with E-state index in [4.69, 9.17) is 0 Å². The summed E-state index contributed by atoms with van der Waals surface area (Å²) >= 11 is 0. The van der Waals surface area contributed by atoms with Crippen molar-refractivity contribution in [2.75, 3.05) is 0 Å². The lowest BCUT2D eigenvalue weighted by Gasteiger charge is -2.60. The first-order valence-corrected chi connectivity index (χ1v) is 13.3. The van der Waals surface area contributed by atoms with Crippen LogP contribution in [0.1, 0.15) is 106 Å². The van der Waals surface area contributed by atoms with Crippen LogP contribution in [0.5, 0.6) is 0 Å². The average Bonchev–Trinajstić information content (AvgIpc) is 3.04. The molecule has 0 bridgehead atoms. The van der Waals surface area contributed by atoms with Gasteiger partial charge < -0.3 is 5.11 Å². The van der Waals surface area contributed by atoms with E-state index in [0.717, 1.165) is 43.4 Å². The van der Waals surface area contributed by atoms with Crippen molar-refractivity contribution in [3.63, 3.8) is 0 Å². The van der Waals surface area contributed by atoms with Gasteiger partial charge >= 0.3 is 0 Å². The molecule has 30 heavy (non-hydrogen) atoms. The van der Waals surface area contributed by atoms with E-state index in [2.05, 4.69) is 41.5 Å². The Morgan fingerprint density at radius 3 is 2.33 bits per heavy atom. The molecule has 0 amide bonds. The zero-order valence-electron chi connectivity index (χ0n) is 20.6. The van der Waals surface area contributed by atoms with Gasteiger partial charge in [0.05, 0.1) is 6.10 Å². The molecule has 2 heteroatoms. The van der Waals surface area contributed by atoms with Crippen molar-refractivity contribution in [3.05, 3.63) is 0 Å². The van der Waals surface area contributed by atoms with Crippen molar-refractivity contribution in [1.82, 2.24) is 0 Å². The Balaban J connectivity index is 1.49. The molecule has 4 saturated carbocycles. The van der Waals surface area contributed by atoms with Crippen molar-refractivity contribution >= 4 is 5.78 Å². The van der Waals surface area contributed by atoms with Crippen LogP contribution in [-0.4, -0.2) is 17.0 Å². The molecular weight excluding hydrogens is 368 g/mol. The van der Waals surface area contributed by atoms with Gasteiger partial charge in [0.25, 0.3) is 0 Å². The molecule has 0 heterocycles. The molecule has 0 spiro atoms. The van der Waals surface area contributed by atoms with E-state index in [-0.39, 0.29) is 6.10 Å². The van der Waals surface area contributed by atoms with Gasteiger partial charge in [0.15, 0.2) is 0 Å². The van der Waals surface area contributed by atoms with Crippen LogP contribution in [0.25, 0.3) is 0 Å². The van der Waals surface area contributed by atoms with Gasteiger partial charge in [0, 0.05) is 12.8 Å². The minimum Gasteiger partial charge on any atom is -0.393 e. The van der Waals surface area contributed by atoms with Gasteiger partial charge in [-0.05, 0) is 110 Å². The SMILES string of the molecule is CC(C)[C@@H](C)CC(O)[C@@H](C)[C@H]1CC[C@H]2[C@@H]3CC[C@H]4CC(=O)CC[C@]4(C)[C@H]3CC[C@]12C. The van der Waals surface area contributed by atoms with E-state index in [1.807, 2.05) is 0 Å². The lowest BCUT2D eigenvalue weighted by Crippen LogP contribution is -2.54. The molecule has 1 unspecified atom stereocenters. The van der Waals surface area contributed by atoms with Gasteiger partial charge in [-0.1, -0.05) is 41.5 Å². The fourth-order valence-electron chi connectivity index (χ4n) is 9.09. The first-order valence-electron chi connectivity index (χ1n) is 13.3. The van der Waals surface area contributed by atoms with Crippen LogP contribution in [0.2, 0.25) is 0 Å². The Morgan fingerprint density at radius 1 is 0.933 bits per heavy atom. The van der Waals surface area contributed by atoms with Gasteiger partial charge in [-0.3, -0.25) is 4.79 Å². The minimum atomic E-state index is -0.154. The lowest BCUT2D eigenvalue weighted by atomic mass is 9.44. The standard InChI is InChI=1S/C28H48O2/c1-17(2)18(3)15-26(30)19(4)23-9-10-24-22-8-7-20-16-21(29)11-13-27(20,5)25(22)12-14-28(23,24)6/h17-20,22-26,30H,7-16H2,1-6H3/t18-,19-,20-,22-,23+,24-,25-,26?,27-,28+/m0/s1. The third-order valence-corrected chi connectivity index (χ3v) is 11.5. The van der Waals surface area contributed by atoms with E-state index in [1.165, 1.54) is 38.5 Å². The molecule has 4 rings (SSSR count). The second-order valence-corrected chi connectivity index (χ2v) is 13.0. The normalized spacial score (nSPS) is 46.7. The van der Waals surface area contributed by atoms with Crippen molar-refractivity contribution in [2.24, 2.45) is 58.2 Å². The summed E-state index contributed by atoms with van der Waals surface area (Å²) in [6.45, 7) is 14.4. The van der Waals surface area contributed by atoms with Gasteiger partial charge in [-0.15, -0.1) is 0 Å². The van der Waals surface area contributed by atoms with E-state index in [9.17, 15) is 9.90 Å². The van der Waals surface area contributed by atoms with E-state index in [0.29, 0.717) is 46.2 Å². The highest BCUT2D eigenvalue weighted by Crippen LogP contribution is 2.68. The number of aliphatic hydroxyl groups is 1. The molecule has 172 valence electrons. The number of carbonyl (C=O) groups excluding carboxylic acids is 1. The van der Waals surface area contributed by atoms with Crippen molar-refractivity contribution in [2.45, 2.75) is 112 Å². The zero-order chi connectivity index (χ0) is 21.8. The first kappa shape index (κ1) is 22.8. The van der Waals surface area contributed by atoms with Crippen molar-refractivity contribution < 1.29 is 9.90 Å². The number of ketones is 1. The number of fused-ring (bicyclic) bond motifs is 5. The molecule has 0 saturated heterocycles. The number of rotatable bonds is 5. The van der Waals surface area contributed by atoms with E-state index >= 15 is 0 Å². The van der Waals surface area contributed by atoms with Gasteiger partial charge in [-0.25, -0.2) is 0 Å². The number of hydrogen-bond acceptors (Lipinski definition) is 2. The summed E-state index contributed by atoms with van der Waals surface area (Å²) in [5.74, 6) is 6.04. The van der Waals surface area contributed by atoms with Crippen molar-refractivity contribution in [3.8, 4) is 0 Å². The summed E-state index contributed by atoms with van der Waals surface area (Å²) in [4.78, 5) is 12.1. The molecule has 10 atom stereocenters. The highest BCUT2D eigenvalue weighted by molar-refractivity contribution is 5.79. The Kier molecular flexibility index (Phi) is 6.23. The predicted molar refractivity (Wildman–Crippen MR) is 124 cm³/mol.